The van der Waals surface area contributed by atoms with E-state index in [0.717, 1.165) is 5.56 Å². The molecule has 11 heteroatoms. The van der Waals surface area contributed by atoms with E-state index in [1.54, 1.807) is 90.1 Å². The van der Waals surface area contributed by atoms with E-state index < -0.39 is 53.5 Å². The fraction of sp³-hybridized carbons (Fsp3) is 0.455. The summed E-state index contributed by atoms with van der Waals surface area (Å²) in [6.45, 7) is 10.1. The highest BCUT2D eigenvalue weighted by Gasteiger charge is 2.32. The van der Waals surface area contributed by atoms with Crippen LogP contribution >= 0.6 is 0 Å². The average molecular weight is 607 g/mol. The van der Waals surface area contributed by atoms with Crippen LogP contribution in [0.3, 0.4) is 0 Å². The summed E-state index contributed by atoms with van der Waals surface area (Å²) in [6, 6.07) is 15.2. The Balaban J connectivity index is 2.09. The normalized spacial score (nSPS) is 12.6. The largest absolute Gasteiger partial charge is 0.460 e. The van der Waals surface area contributed by atoms with Gasteiger partial charge in [-0.25, -0.2) is 4.79 Å². The molecule has 0 bridgehead atoms. The van der Waals surface area contributed by atoms with Crippen molar-refractivity contribution in [2.75, 3.05) is 6.54 Å². The lowest BCUT2D eigenvalue weighted by atomic mass is 10.0. The maximum absolute atomic E-state index is 13.5. The minimum absolute atomic E-state index is 0.0176. The van der Waals surface area contributed by atoms with Gasteiger partial charge < -0.3 is 25.4 Å². The molecule has 0 radical (unpaired) electrons. The van der Waals surface area contributed by atoms with Crippen LogP contribution in [-0.4, -0.2) is 59.5 Å². The van der Waals surface area contributed by atoms with E-state index >= 15 is 0 Å². The van der Waals surface area contributed by atoms with Gasteiger partial charge in [-0.05, 0) is 64.8 Å². The lowest BCUT2D eigenvalue weighted by Gasteiger charge is -2.27. The van der Waals surface area contributed by atoms with Gasteiger partial charge in [0.1, 0.15) is 23.3 Å². The number of amides is 3. The van der Waals surface area contributed by atoms with Crippen molar-refractivity contribution in [2.24, 2.45) is 0 Å². The Morgan fingerprint density at radius 3 is 1.95 bits per heavy atom. The lowest BCUT2D eigenvalue weighted by molar-refractivity contribution is -0.159. The summed E-state index contributed by atoms with van der Waals surface area (Å²) in [6.07, 6.45) is -0.465. The number of carbonyl (C=O) groups excluding carboxylic acids is 5. The molecule has 236 valence electrons. The van der Waals surface area contributed by atoms with Gasteiger partial charge in [-0.2, -0.15) is 5.26 Å². The zero-order valence-corrected chi connectivity index (χ0v) is 26.2. The first-order chi connectivity index (χ1) is 20.5. The summed E-state index contributed by atoms with van der Waals surface area (Å²) >= 11 is 0. The first-order valence-corrected chi connectivity index (χ1v) is 14.4. The fourth-order valence-corrected chi connectivity index (χ4v) is 3.97. The van der Waals surface area contributed by atoms with E-state index in [2.05, 4.69) is 16.0 Å². The molecule has 2 aromatic rings. The summed E-state index contributed by atoms with van der Waals surface area (Å²) in [5.74, 6) is -3.07. The molecule has 0 unspecified atom stereocenters. The van der Waals surface area contributed by atoms with Crippen LogP contribution in [0.25, 0.3) is 0 Å². The Hall–Kier alpha value is -4.72. The van der Waals surface area contributed by atoms with Crippen LogP contribution in [0.2, 0.25) is 0 Å². The molecular formula is C33H42N4O7. The maximum atomic E-state index is 13.5. The second kappa shape index (κ2) is 16.2. The Labute approximate surface area is 258 Å². The summed E-state index contributed by atoms with van der Waals surface area (Å²) in [5.41, 5.74) is 0.315. The van der Waals surface area contributed by atoms with E-state index in [0.29, 0.717) is 11.1 Å². The predicted octanol–water partition coefficient (Wildman–Crippen LogP) is 2.89. The Bertz CT molecular complexity index is 1340. The molecule has 0 aromatic heterocycles. The van der Waals surface area contributed by atoms with E-state index in [-0.39, 0.29) is 31.7 Å². The number of rotatable bonds is 13. The Kier molecular flexibility index (Phi) is 13.1. The predicted molar refractivity (Wildman–Crippen MR) is 163 cm³/mol. The van der Waals surface area contributed by atoms with Gasteiger partial charge in [0.05, 0.1) is 24.5 Å². The third-order valence-corrected chi connectivity index (χ3v) is 5.85. The molecule has 0 aliphatic heterocycles. The van der Waals surface area contributed by atoms with Crippen LogP contribution in [-0.2, 0) is 46.3 Å². The van der Waals surface area contributed by atoms with Crippen molar-refractivity contribution >= 4 is 29.7 Å². The summed E-state index contributed by atoms with van der Waals surface area (Å²) in [4.78, 5) is 64.3. The molecule has 44 heavy (non-hydrogen) atoms. The molecule has 0 spiro atoms. The molecule has 2 rings (SSSR count). The molecule has 0 aliphatic rings. The SMILES string of the molecule is CC(C)(C)OC(=O)C[C@H](NC(=O)CCNC(=O)Cc1ccc(C#N)cc1)C(=O)N[C@@H](Cc1ccccc1)C(=O)OC(C)(C)C. The highest BCUT2D eigenvalue weighted by molar-refractivity contribution is 5.93. The van der Waals surface area contributed by atoms with Crippen molar-refractivity contribution in [1.82, 2.24) is 16.0 Å². The summed E-state index contributed by atoms with van der Waals surface area (Å²) < 4.78 is 10.9. The Morgan fingerprint density at radius 1 is 0.773 bits per heavy atom. The van der Waals surface area contributed by atoms with Crippen LogP contribution in [0.15, 0.2) is 54.6 Å². The third-order valence-electron chi connectivity index (χ3n) is 5.85. The number of hydrogen-bond acceptors (Lipinski definition) is 8. The minimum Gasteiger partial charge on any atom is -0.460 e. The monoisotopic (exact) mass is 606 g/mol. The second-order valence-corrected chi connectivity index (χ2v) is 12.3. The number of nitriles is 1. The first kappa shape index (κ1) is 35.5. The Morgan fingerprint density at radius 2 is 1.39 bits per heavy atom. The number of carbonyl (C=O) groups is 5. The molecule has 2 aromatic carbocycles. The van der Waals surface area contributed by atoms with Crippen LogP contribution in [0.4, 0.5) is 0 Å². The van der Waals surface area contributed by atoms with Crippen molar-refractivity contribution in [3.8, 4) is 6.07 Å². The van der Waals surface area contributed by atoms with Gasteiger partial charge in [-0.1, -0.05) is 42.5 Å². The van der Waals surface area contributed by atoms with Crippen molar-refractivity contribution in [1.29, 1.82) is 5.26 Å². The molecule has 0 fully saturated rings. The molecule has 0 saturated heterocycles. The first-order valence-electron chi connectivity index (χ1n) is 14.4. The van der Waals surface area contributed by atoms with E-state index in [9.17, 15) is 24.0 Å². The number of nitrogens with one attached hydrogen (secondary N) is 3. The number of ether oxygens (including phenoxy) is 2. The van der Waals surface area contributed by atoms with Gasteiger partial charge in [0, 0.05) is 19.4 Å². The molecule has 2 atom stereocenters. The van der Waals surface area contributed by atoms with Crippen molar-refractivity contribution in [3.05, 3.63) is 71.3 Å². The van der Waals surface area contributed by atoms with Gasteiger partial charge >= 0.3 is 11.9 Å². The molecule has 0 saturated carbocycles. The zero-order chi connectivity index (χ0) is 32.9. The van der Waals surface area contributed by atoms with Gasteiger partial charge in [0.2, 0.25) is 17.7 Å². The molecule has 3 N–H and O–H groups in total. The van der Waals surface area contributed by atoms with E-state index in [4.69, 9.17) is 14.7 Å². The topological polar surface area (TPSA) is 164 Å². The van der Waals surface area contributed by atoms with E-state index in [1.165, 1.54) is 0 Å². The number of hydrogen-bond donors (Lipinski definition) is 3. The van der Waals surface area contributed by atoms with Crippen LogP contribution in [0, 0.1) is 11.3 Å². The smallest absolute Gasteiger partial charge is 0.329 e. The number of esters is 2. The molecule has 0 aliphatic carbocycles. The minimum atomic E-state index is -1.35. The van der Waals surface area contributed by atoms with Crippen molar-refractivity contribution in [3.63, 3.8) is 0 Å². The van der Waals surface area contributed by atoms with Gasteiger partial charge in [-0.3, -0.25) is 19.2 Å². The second-order valence-electron chi connectivity index (χ2n) is 12.3. The lowest BCUT2D eigenvalue weighted by Crippen LogP contribution is -2.54. The van der Waals surface area contributed by atoms with Gasteiger partial charge in [0.15, 0.2) is 0 Å². The van der Waals surface area contributed by atoms with Crippen molar-refractivity contribution in [2.45, 2.75) is 90.5 Å². The molecule has 0 heterocycles. The standard InChI is InChI=1S/C33H42N4O7/c1-32(2,3)43-29(40)20-25(36-27(38)16-17-35-28(39)19-23-12-14-24(21-34)15-13-23)30(41)37-26(31(42)44-33(4,5)6)18-22-10-8-7-9-11-22/h7-15,25-26H,16-20H2,1-6H3,(H,35,39)(H,36,38)(H,37,41)/t25-,26-/m0/s1. The third kappa shape index (κ3) is 14.0. The summed E-state index contributed by atoms with van der Waals surface area (Å²) in [5, 5.41) is 16.7. The van der Waals surface area contributed by atoms with Crippen LogP contribution < -0.4 is 16.0 Å². The number of nitrogens with zero attached hydrogens (tertiary/aromatic N) is 1. The zero-order valence-electron chi connectivity index (χ0n) is 26.2. The molecular weight excluding hydrogens is 564 g/mol. The van der Waals surface area contributed by atoms with Gasteiger partial charge in [-0.15, -0.1) is 0 Å². The molecule has 3 amide bonds. The maximum Gasteiger partial charge on any atom is 0.329 e. The van der Waals surface area contributed by atoms with Gasteiger partial charge in [0.25, 0.3) is 0 Å². The highest BCUT2D eigenvalue weighted by Crippen LogP contribution is 2.13. The molecule has 11 nitrogen and oxygen atoms in total. The average Bonchev–Trinajstić information content (AvgIpc) is 2.91. The summed E-state index contributed by atoms with van der Waals surface area (Å²) in [7, 11) is 0. The van der Waals surface area contributed by atoms with E-state index in [1.807, 2.05) is 12.1 Å². The number of benzene rings is 2. The van der Waals surface area contributed by atoms with Crippen molar-refractivity contribution < 1.29 is 33.4 Å². The van der Waals surface area contributed by atoms with Crippen LogP contribution in [0.1, 0.15) is 71.1 Å². The van der Waals surface area contributed by atoms with Crippen LogP contribution in [0.5, 0.6) is 0 Å². The quantitative estimate of drug-likeness (QED) is 0.293. The fourth-order valence-electron chi connectivity index (χ4n) is 3.97. The highest BCUT2D eigenvalue weighted by atomic mass is 16.6.